The Kier molecular flexibility index (Phi) is 5.61. The van der Waals surface area contributed by atoms with Crippen LogP contribution >= 0.6 is 0 Å². The number of carbonyl (C=O) groups is 1. The highest BCUT2D eigenvalue weighted by Crippen LogP contribution is 2.41. The van der Waals surface area contributed by atoms with Crippen molar-refractivity contribution in [2.24, 2.45) is 23.5 Å². The van der Waals surface area contributed by atoms with E-state index < -0.39 is 0 Å². The van der Waals surface area contributed by atoms with E-state index in [1.54, 1.807) is 13.0 Å². The highest BCUT2D eigenvalue weighted by molar-refractivity contribution is 5.83. The molecule has 1 aromatic rings. The van der Waals surface area contributed by atoms with Gasteiger partial charge >= 0.3 is 5.97 Å². The van der Waals surface area contributed by atoms with Crippen molar-refractivity contribution in [3.05, 3.63) is 11.6 Å². The third kappa shape index (κ3) is 3.90. The molecule has 0 spiro atoms. The summed E-state index contributed by atoms with van der Waals surface area (Å²) in [6, 6.07) is 1.94. The molecule has 144 valence electrons. The third-order valence-corrected chi connectivity index (χ3v) is 6.47. The molecule has 26 heavy (non-hydrogen) atoms. The van der Waals surface area contributed by atoms with Gasteiger partial charge in [-0.1, -0.05) is 0 Å². The lowest BCUT2D eigenvalue weighted by molar-refractivity contribution is -0.140. The molecule has 2 aliphatic rings. The van der Waals surface area contributed by atoms with Crippen molar-refractivity contribution in [1.29, 1.82) is 0 Å². The summed E-state index contributed by atoms with van der Waals surface area (Å²) in [5.41, 5.74) is 25.7. The number of esters is 1. The molecule has 3 rings (SSSR count). The second-order valence-corrected chi connectivity index (χ2v) is 8.12. The number of carbonyl (C=O) groups excluding carboxylic acids is 1. The Labute approximate surface area is 155 Å². The number of benzene rings is 1. The maximum absolute atomic E-state index is 12.6. The zero-order valence-corrected chi connectivity index (χ0v) is 15.7. The second kappa shape index (κ2) is 7.74. The standard InChI is InChI=1S/C20H32N4O2/c1-11-18(23)16(22)10-17(19(11)24)26-20(25)14-4-2-12(3-5-14)13-6-8-15(21)9-7-13/h10,12-15H,2-9,21-24H2,1H3. The van der Waals surface area contributed by atoms with Gasteiger partial charge in [0.25, 0.3) is 0 Å². The first-order chi connectivity index (χ1) is 12.4. The van der Waals surface area contributed by atoms with E-state index in [0.29, 0.717) is 34.4 Å². The molecule has 6 nitrogen and oxygen atoms in total. The van der Waals surface area contributed by atoms with Crippen LogP contribution in [0, 0.1) is 24.7 Å². The molecule has 0 amide bonds. The van der Waals surface area contributed by atoms with Crippen LogP contribution in [0.5, 0.6) is 5.75 Å². The topological polar surface area (TPSA) is 130 Å². The van der Waals surface area contributed by atoms with Crippen molar-refractivity contribution in [3.8, 4) is 5.75 Å². The van der Waals surface area contributed by atoms with E-state index in [9.17, 15) is 4.79 Å². The molecular weight excluding hydrogens is 328 g/mol. The molecule has 0 atom stereocenters. The van der Waals surface area contributed by atoms with Gasteiger partial charge in [-0.3, -0.25) is 4.79 Å². The molecule has 0 radical (unpaired) electrons. The zero-order valence-electron chi connectivity index (χ0n) is 15.7. The fourth-order valence-electron chi connectivity index (χ4n) is 4.56. The van der Waals surface area contributed by atoms with Crippen LogP contribution in [-0.2, 0) is 4.79 Å². The smallest absolute Gasteiger partial charge is 0.314 e. The molecule has 0 saturated heterocycles. The number of nitrogen functional groups attached to an aromatic ring is 3. The summed E-state index contributed by atoms with van der Waals surface area (Å²) in [6.45, 7) is 1.78. The van der Waals surface area contributed by atoms with E-state index in [0.717, 1.165) is 50.4 Å². The predicted molar refractivity (Wildman–Crippen MR) is 105 cm³/mol. The molecule has 6 heteroatoms. The predicted octanol–water partition coefficient (Wildman–Crippen LogP) is 2.97. The molecule has 0 unspecified atom stereocenters. The van der Waals surface area contributed by atoms with E-state index in [1.807, 2.05) is 0 Å². The number of hydrogen-bond donors (Lipinski definition) is 4. The van der Waals surface area contributed by atoms with Crippen LogP contribution in [-0.4, -0.2) is 12.0 Å². The van der Waals surface area contributed by atoms with E-state index in [1.165, 1.54) is 12.8 Å². The fourth-order valence-corrected chi connectivity index (χ4v) is 4.56. The Morgan fingerprint density at radius 2 is 1.46 bits per heavy atom. The van der Waals surface area contributed by atoms with Crippen LogP contribution in [0.15, 0.2) is 6.07 Å². The summed E-state index contributed by atoms with van der Waals surface area (Å²) in [5, 5.41) is 0. The number of rotatable bonds is 3. The summed E-state index contributed by atoms with van der Waals surface area (Å²) in [6.07, 6.45) is 8.72. The van der Waals surface area contributed by atoms with Gasteiger partial charge in [-0.25, -0.2) is 0 Å². The average Bonchev–Trinajstić information content (AvgIpc) is 2.65. The quantitative estimate of drug-likeness (QED) is 0.372. The Morgan fingerprint density at radius 3 is 2.04 bits per heavy atom. The largest absolute Gasteiger partial charge is 0.424 e. The minimum atomic E-state index is -0.204. The second-order valence-electron chi connectivity index (χ2n) is 8.12. The molecule has 1 aromatic carbocycles. The molecular formula is C20H32N4O2. The Morgan fingerprint density at radius 1 is 0.923 bits per heavy atom. The number of nitrogens with two attached hydrogens (primary N) is 4. The van der Waals surface area contributed by atoms with Gasteiger partial charge in [0.05, 0.1) is 23.0 Å². The molecule has 2 aliphatic carbocycles. The van der Waals surface area contributed by atoms with Crippen molar-refractivity contribution in [2.75, 3.05) is 17.2 Å². The van der Waals surface area contributed by atoms with Gasteiger partial charge in [0.15, 0.2) is 5.75 Å². The zero-order chi connectivity index (χ0) is 18.8. The van der Waals surface area contributed by atoms with Gasteiger partial charge in [0.1, 0.15) is 0 Å². The number of ether oxygens (including phenoxy) is 1. The molecule has 0 aliphatic heterocycles. The molecule has 0 heterocycles. The van der Waals surface area contributed by atoms with Crippen LogP contribution in [0.4, 0.5) is 17.1 Å². The van der Waals surface area contributed by atoms with Gasteiger partial charge in [-0.2, -0.15) is 0 Å². The van der Waals surface area contributed by atoms with Crippen LogP contribution in [0.3, 0.4) is 0 Å². The first-order valence-corrected chi connectivity index (χ1v) is 9.78. The summed E-state index contributed by atoms with van der Waals surface area (Å²) in [4.78, 5) is 12.6. The van der Waals surface area contributed by atoms with Gasteiger partial charge < -0.3 is 27.7 Å². The van der Waals surface area contributed by atoms with Crippen LogP contribution in [0.2, 0.25) is 0 Å². The summed E-state index contributed by atoms with van der Waals surface area (Å²) >= 11 is 0. The van der Waals surface area contributed by atoms with Gasteiger partial charge in [-0.05, 0) is 70.1 Å². The maximum atomic E-state index is 12.6. The Bertz CT molecular complexity index is 660. The van der Waals surface area contributed by atoms with E-state index in [4.69, 9.17) is 27.7 Å². The molecule has 0 bridgehead atoms. The van der Waals surface area contributed by atoms with Crippen LogP contribution < -0.4 is 27.7 Å². The SMILES string of the molecule is Cc1c(N)c(N)cc(OC(=O)C2CCC(C3CCC(N)CC3)CC2)c1N. The minimum Gasteiger partial charge on any atom is -0.424 e. The van der Waals surface area contributed by atoms with E-state index >= 15 is 0 Å². The lowest BCUT2D eigenvalue weighted by Gasteiger charge is -2.36. The molecule has 0 aromatic heterocycles. The third-order valence-electron chi connectivity index (χ3n) is 6.47. The highest BCUT2D eigenvalue weighted by Gasteiger charge is 2.33. The first kappa shape index (κ1) is 18.8. The highest BCUT2D eigenvalue weighted by atomic mass is 16.5. The fraction of sp³-hybridized carbons (Fsp3) is 0.650. The normalized spacial score (nSPS) is 29.3. The summed E-state index contributed by atoms with van der Waals surface area (Å²) < 4.78 is 5.58. The first-order valence-electron chi connectivity index (χ1n) is 9.78. The van der Waals surface area contributed by atoms with Gasteiger partial charge in [0.2, 0.25) is 0 Å². The summed E-state index contributed by atoms with van der Waals surface area (Å²) in [5.74, 6) is 1.57. The van der Waals surface area contributed by atoms with E-state index in [-0.39, 0.29) is 11.9 Å². The Balaban J connectivity index is 1.56. The van der Waals surface area contributed by atoms with Crippen molar-refractivity contribution in [1.82, 2.24) is 0 Å². The molecule has 2 saturated carbocycles. The van der Waals surface area contributed by atoms with Crippen molar-refractivity contribution < 1.29 is 9.53 Å². The average molecular weight is 361 g/mol. The van der Waals surface area contributed by atoms with Crippen LogP contribution in [0.25, 0.3) is 0 Å². The van der Waals surface area contributed by atoms with E-state index in [2.05, 4.69) is 0 Å². The number of hydrogen-bond acceptors (Lipinski definition) is 6. The number of anilines is 3. The van der Waals surface area contributed by atoms with Crippen LogP contribution in [0.1, 0.15) is 56.9 Å². The van der Waals surface area contributed by atoms with Crippen molar-refractivity contribution in [3.63, 3.8) is 0 Å². The van der Waals surface area contributed by atoms with Crippen molar-refractivity contribution in [2.45, 2.75) is 64.3 Å². The maximum Gasteiger partial charge on any atom is 0.314 e. The molecule has 2 fully saturated rings. The van der Waals surface area contributed by atoms with Gasteiger partial charge in [-0.15, -0.1) is 0 Å². The van der Waals surface area contributed by atoms with Crippen molar-refractivity contribution >= 4 is 23.0 Å². The monoisotopic (exact) mass is 360 g/mol. The lowest BCUT2D eigenvalue weighted by Crippen LogP contribution is -2.33. The Hall–Kier alpha value is -1.95. The van der Waals surface area contributed by atoms with Gasteiger partial charge in [0, 0.05) is 17.7 Å². The minimum absolute atomic E-state index is 0.0596. The lowest BCUT2D eigenvalue weighted by atomic mass is 9.70. The molecule has 8 N–H and O–H groups in total. The summed E-state index contributed by atoms with van der Waals surface area (Å²) in [7, 11) is 0.